The molecule has 19 heavy (non-hydrogen) atoms. The maximum Gasteiger partial charge on any atom is 0.214 e. The summed E-state index contributed by atoms with van der Waals surface area (Å²) < 4.78 is 26.1. The molecule has 1 aromatic rings. The number of alkyl halides is 1. The smallest absolute Gasteiger partial charge is 0.212 e. The van der Waals surface area contributed by atoms with Crippen molar-refractivity contribution in [3.8, 4) is 0 Å². The van der Waals surface area contributed by atoms with E-state index in [1.165, 1.54) is 9.87 Å². The summed E-state index contributed by atoms with van der Waals surface area (Å²) in [6.07, 6.45) is 3.48. The molecule has 3 nitrogen and oxygen atoms in total. The first kappa shape index (κ1) is 14.8. The molecule has 0 aromatic heterocycles. The van der Waals surface area contributed by atoms with E-state index in [9.17, 15) is 8.42 Å². The molecule has 0 amide bonds. The van der Waals surface area contributed by atoms with Gasteiger partial charge in [-0.25, -0.2) is 8.42 Å². The van der Waals surface area contributed by atoms with Crippen LogP contribution in [0.5, 0.6) is 0 Å². The quantitative estimate of drug-likeness (QED) is 0.784. The molecule has 1 aliphatic rings. The number of halogens is 1. The molecule has 5 heteroatoms. The Morgan fingerprint density at radius 3 is 2.84 bits per heavy atom. The van der Waals surface area contributed by atoms with Crippen LogP contribution in [-0.4, -0.2) is 31.4 Å². The minimum Gasteiger partial charge on any atom is -0.212 e. The van der Waals surface area contributed by atoms with E-state index < -0.39 is 10.0 Å². The number of hydrogen-bond donors (Lipinski definition) is 0. The summed E-state index contributed by atoms with van der Waals surface area (Å²) in [6, 6.07) is 8.12. The van der Waals surface area contributed by atoms with Crippen molar-refractivity contribution in [2.45, 2.75) is 31.7 Å². The Hall–Kier alpha value is -0.580. The fourth-order valence-electron chi connectivity index (χ4n) is 2.68. The second-order valence-electron chi connectivity index (χ2n) is 4.98. The van der Waals surface area contributed by atoms with Gasteiger partial charge in [0.05, 0.1) is 5.75 Å². The lowest BCUT2D eigenvalue weighted by Crippen LogP contribution is -2.35. The predicted molar refractivity (Wildman–Crippen MR) is 79.0 cm³/mol. The van der Waals surface area contributed by atoms with Gasteiger partial charge in [0.1, 0.15) is 0 Å². The van der Waals surface area contributed by atoms with E-state index >= 15 is 0 Å². The number of benzene rings is 1. The third-order valence-electron chi connectivity index (χ3n) is 3.75. The fraction of sp³-hybridized carbons (Fsp3) is 0.571. The van der Waals surface area contributed by atoms with Crippen LogP contribution < -0.4 is 0 Å². The van der Waals surface area contributed by atoms with Crippen molar-refractivity contribution in [3.63, 3.8) is 0 Å². The molecule has 0 saturated heterocycles. The Labute approximate surface area is 120 Å². The molecule has 2 rings (SSSR count). The lowest BCUT2D eigenvalue weighted by Gasteiger charge is -2.32. The molecule has 0 saturated carbocycles. The minimum atomic E-state index is -3.22. The first-order valence-corrected chi connectivity index (χ1v) is 8.80. The molecular weight excluding hydrogens is 282 g/mol. The molecule has 1 aromatic carbocycles. The molecule has 1 unspecified atom stereocenters. The maximum atomic E-state index is 12.3. The van der Waals surface area contributed by atoms with Crippen LogP contribution in [-0.2, 0) is 16.4 Å². The number of nitrogens with zero attached hydrogens (tertiary/aromatic N) is 1. The molecule has 0 aliphatic heterocycles. The van der Waals surface area contributed by atoms with Crippen LogP contribution in [0.1, 0.15) is 36.4 Å². The van der Waals surface area contributed by atoms with Crippen molar-refractivity contribution in [1.29, 1.82) is 0 Å². The SMILES string of the molecule is CN(C1CCCc2ccccc21)S(=O)(=O)CCCCl. The normalized spacial score (nSPS) is 19.4. The van der Waals surface area contributed by atoms with Gasteiger partial charge in [0.2, 0.25) is 10.0 Å². The highest BCUT2D eigenvalue weighted by Crippen LogP contribution is 2.34. The van der Waals surface area contributed by atoms with Crippen LogP contribution in [0.15, 0.2) is 24.3 Å². The Morgan fingerprint density at radius 1 is 1.37 bits per heavy atom. The monoisotopic (exact) mass is 301 g/mol. The van der Waals surface area contributed by atoms with E-state index in [4.69, 9.17) is 11.6 Å². The molecule has 1 aliphatic carbocycles. The number of rotatable bonds is 5. The number of hydrogen-bond acceptors (Lipinski definition) is 2. The zero-order valence-electron chi connectivity index (χ0n) is 11.2. The summed E-state index contributed by atoms with van der Waals surface area (Å²) in [7, 11) is -1.53. The van der Waals surface area contributed by atoms with Crippen LogP contribution in [0.3, 0.4) is 0 Å². The molecule has 0 heterocycles. The molecule has 106 valence electrons. The van der Waals surface area contributed by atoms with E-state index in [1.54, 1.807) is 7.05 Å². The van der Waals surface area contributed by atoms with Crippen LogP contribution in [0.25, 0.3) is 0 Å². The van der Waals surface area contributed by atoms with Gasteiger partial charge in [-0.2, -0.15) is 4.31 Å². The van der Waals surface area contributed by atoms with Crippen molar-refractivity contribution in [3.05, 3.63) is 35.4 Å². The molecule has 0 N–H and O–H groups in total. The van der Waals surface area contributed by atoms with E-state index in [1.807, 2.05) is 18.2 Å². The van der Waals surface area contributed by atoms with Crippen LogP contribution in [0.2, 0.25) is 0 Å². The molecule has 0 bridgehead atoms. The Bertz CT molecular complexity index is 530. The standard InChI is InChI=1S/C14H20ClNO2S/c1-16(19(17,18)11-5-10-15)14-9-4-7-12-6-2-3-8-13(12)14/h2-3,6,8,14H,4-5,7,9-11H2,1H3. The summed E-state index contributed by atoms with van der Waals surface area (Å²) in [5, 5.41) is 0. The van der Waals surface area contributed by atoms with Crippen molar-refractivity contribution < 1.29 is 8.42 Å². The summed E-state index contributed by atoms with van der Waals surface area (Å²) in [5.41, 5.74) is 2.43. The summed E-state index contributed by atoms with van der Waals surface area (Å²) >= 11 is 5.60. The van der Waals surface area contributed by atoms with Gasteiger partial charge in [0.25, 0.3) is 0 Å². The highest BCUT2D eigenvalue weighted by Gasteiger charge is 2.30. The van der Waals surface area contributed by atoms with E-state index in [0.717, 1.165) is 24.8 Å². The predicted octanol–water partition coefficient (Wildman–Crippen LogP) is 2.95. The highest BCUT2D eigenvalue weighted by molar-refractivity contribution is 7.89. The topological polar surface area (TPSA) is 37.4 Å². The maximum absolute atomic E-state index is 12.3. The molecular formula is C14H20ClNO2S. The molecule has 0 radical (unpaired) electrons. The highest BCUT2D eigenvalue weighted by atomic mass is 35.5. The van der Waals surface area contributed by atoms with Crippen LogP contribution in [0.4, 0.5) is 0 Å². The zero-order chi connectivity index (χ0) is 13.9. The van der Waals surface area contributed by atoms with Gasteiger partial charge < -0.3 is 0 Å². The van der Waals surface area contributed by atoms with E-state index in [2.05, 4.69) is 6.07 Å². The van der Waals surface area contributed by atoms with E-state index in [0.29, 0.717) is 12.3 Å². The van der Waals surface area contributed by atoms with Gasteiger partial charge in [-0.05, 0) is 36.8 Å². The molecule has 1 atom stereocenters. The summed E-state index contributed by atoms with van der Waals surface area (Å²) in [5.74, 6) is 0.514. The Morgan fingerprint density at radius 2 is 2.11 bits per heavy atom. The number of aryl methyl sites for hydroxylation is 1. The second-order valence-corrected chi connectivity index (χ2v) is 7.51. The van der Waals surface area contributed by atoms with Crippen molar-refractivity contribution in [1.82, 2.24) is 4.31 Å². The van der Waals surface area contributed by atoms with Gasteiger partial charge >= 0.3 is 0 Å². The fourth-order valence-corrected chi connectivity index (χ4v) is 4.38. The Balaban J connectivity index is 2.23. The molecule has 0 fully saturated rings. The van der Waals surface area contributed by atoms with Crippen molar-refractivity contribution >= 4 is 21.6 Å². The average molecular weight is 302 g/mol. The lowest BCUT2D eigenvalue weighted by molar-refractivity contribution is 0.337. The first-order valence-electron chi connectivity index (χ1n) is 6.66. The molecule has 0 spiro atoms. The lowest BCUT2D eigenvalue weighted by atomic mass is 9.88. The van der Waals surface area contributed by atoms with E-state index in [-0.39, 0.29) is 11.8 Å². The second kappa shape index (κ2) is 6.25. The largest absolute Gasteiger partial charge is 0.214 e. The van der Waals surface area contributed by atoms with Crippen LogP contribution in [0, 0.1) is 0 Å². The first-order chi connectivity index (χ1) is 9.06. The van der Waals surface area contributed by atoms with Crippen molar-refractivity contribution in [2.75, 3.05) is 18.7 Å². The van der Waals surface area contributed by atoms with Crippen LogP contribution >= 0.6 is 11.6 Å². The van der Waals surface area contributed by atoms with Crippen molar-refractivity contribution in [2.24, 2.45) is 0 Å². The van der Waals surface area contributed by atoms with Gasteiger partial charge in [-0.3, -0.25) is 0 Å². The summed E-state index contributed by atoms with van der Waals surface area (Å²) in [6.45, 7) is 0. The van der Waals surface area contributed by atoms with Gasteiger partial charge in [0, 0.05) is 19.0 Å². The third kappa shape index (κ3) is 3.30. The third-order valence-corrected chi connectivity index (χ3v) is 5.96. The minimum absolute atomic E-state index is 0.0229. The van der Waals surface area contributed by atoms with Gasteiger partial charge in [0.15, 0.2) is 0 Å². The average Bonchev–Trinajstić information content (AvgIpc) is 2.43. The Kier molecular flexibility index (Phi) is 4.87. The number of sulfonamides is 1. The zero-order valence-corrected chi connectivity index (χ0v) is 12.8. The summed E-state index contributed by atoms with van der Waals surface area (Å²) in [4.78, 5) is 0. The van der Waals surface area contributed by atoms with Gasteiger partial charge in [-0.1, -0.05) is 24.3 Å². The number of fused-ring (bicyclic) bond motifs is 1. The van der Waals surface area contributed by atoms with Gasteiger partial charge in [-0.15, -0.1) is 11.6 Å².